The molecule has 0 aliphatic rings. The van der Waals surface area contributed by atoms with Crippen LogP contribution in [0.2, 0.25) is 0 Å². The zero-order chi connectivity index (χ0) is 16.1. The van der Waals surface area contributed by atoms with Crippen LogP contribution in [0.25, 0.3) is 11.4 Å². The van der Waals surface area contributed by atoms with Crippen LogP contribution in [0.15, 0.2) is 24.3 Å². The lowest BCUT2D eigenvalue weighted by molar-refractivity contribution is 0.0726. The van der Waals surface area contributed by atoms with E-state index in [0.29, 0.717) is 30.3 Å². The first-order valence-electron chi connectivity index (χ1n) is 7.21. The molecule has 0 fully saturated rings. The van der Waals surface area contributed by atoms with E-state index in [1.54, 1.807) is 12.0 Å². The minimum atomic E-state index is -0.181. The quantitative estimate of drug-likeness (QED) is 0.853. The summed E-state index contributed by atoms with van der Waals surface area (Å²) in [6, 6.07) is 7.49. The lowest BCUT2D eigenvalue weighted by atomic mass is 10.2. The molecule has 0 aliphatic carbocycles. The van der Waals surface area contributed by atoms with Crippen molar-refractivity contribution in [2.45, 2.75) is 13.8 Å². The molecular formula is C16H21N3O3. The van der Waals surface area contributed by atoms with Crippen molar-refractivity contribution in [3.8, 4) is 17.1 Å². The molecule has 0 saturated carbocycles. The molecule has 1 aromatic carbocycles. The van der Waals surface area contributed by atoms with Crippen LogP contribution >= 0.6 is 0 Å². The maximum Gasteiger partial charge on any atom is 0.274 e. The van der Waals surface area contributed by atoms with Gasteiger partial charge in [-0.05, 0) is 26.0 Å². The molecule has 2 aromatic rings. The van der Waals surface area contributed by atoms with Crippen molar-refractivity contribution in [1.29, 1.82) is 0 Å². The van der Waals surface area contributed by atoms with Gasteiger partial charge >= 0.3 is 0 Å². The fourth-order valence-electron chi connectivity index (χ4n) is 2.25. The van der Waals surface area contributed by atoms with Crippen LogP contribution in [0.4, 0.5) is 0 Å². The lowest BCUT2D eigenvalue weighted by Gasteiger charge is -2.18. The van der Waals surface area contributed by atoms with Crippen LogP contribution in [0.5, 0.6) is 5.75 Å². The second-order valence-corrected chi connectivity index (χ2v) is 4.90. The Morgan fingerprint density at radius 1 is 1.45 bits per heavy atom. The third-order valence-corrected chi connectivity index (χ3v) is 3.47. The highest BCUT2D eigenvalue weighted by molar-refractivity contribution is 5.94. The number of hydrogen-bond donors (Lipinski definition) is 2. The maximum atomic E-state index is 12.5. The highest BCUT2D eigenvalue weighted by Gasteiger charge is 2.20. The molecule has 118 valence electrons. The molecule has 22 heavy (non-hydrogen) atoms. The number of rotatable bonds is 6. The normalized spacial score (nSPS) is 10.5. The fraction of sp³-hybridized carbons (Fsp3) is 0.375. The number of carbonyl (C=O) groups excluding carboxylic acids is 1. The van der Waals surface area contributed by atoms with E-state index in [1.165, 1.54) is 0 Å². The molecule has 1 heterocycles. The monoisotopic (exact) mass is 303 g/mol. The summed E-state index contributed by atoms with van der Waals surface area (Å²) in [5, 5.41) is 9.04. The van der Waals surface area contributed by atoms with Crippen molar-refractivity contribution in [2.24, 2.45) is 0 Å². The Morgan fingerprint density at radius 3 is 2.86 bits per heavy atom. The van der Waals surface area contributed by atoms with E-state index >= 15 is 0 Å². The lowest BCUT2D eigenvalue weighted by Crippen LogP contribution is -2.33. The van der Waals surface area contributed by atoms with Gasteiger partial charge in [-0.3, -0.25) is 4.79 Å². The van der Waals surface area contributed by atoms with Crippen LogP contribution < -0.4 is 4.74 Å². The maximum absolute atomic E-state index is 12.5. The number of H-pyrrole nitrogens is 1. The Morgan fingerprint density at radius 2 is 2.23 bits per heavy atom. The molecule has 6 heteroatoms. The number of likely N-dealkylation sites (N-methyl/N-ethyl adjacent to an activating group) is 1. The number of aromatic amines is 1. The number of ether oxygens (including phenoxy) is 1. The highest BCUT2D eigenvalue weighted by Crippen LogP contribution is 2.23. The summed E-state index contributed by atoms with van der Waals surface area (Å²) in [4.78, 5) is 21.6. The Balaban J connectivity index is 2.33. The van der Waals surface area contributed by atoms with E-state index in [1.807, 2.05) is 38.1 Å². The summed E-state index contributed by atoms with van der Waals surface area (Å²) < 4.78 is 5.20. The summed E-state index contributed by atoms with van der Waals surface area (Å²) in [5.74, 6) is 1.18. The van der Waals surface area contributed by atoms with Crippen molar-refractivity contribution in [1.82, 2.24) is 14.9 Å². The summed E-state index contributed by atoms with van der Waals surface area (Å²) >= 11 is 0. The molecule has 2 N–H and O–H groups in total. The van der Waals surface area contributed by atoms with E-state index in [0.717, 1.165) is 11.3 Å². The average Bonchev–Trinajstić information content (AvgIpc) is 2.94. The summed E-state index contributed by atoms with van der Waals surface area (Å²) in [6.45, 7) is 4.46. The van der Waals surface area contributed by atoms with Gasteiger partial charge in [0.05, 0.1) is 13.7 Å². The molecule has 0 spiro atoms. The van der Waals surface area contributed by atoms with Crippen molar-refractivity contribution in [3.63, 3.8) is 0 Å². The van der Waals surface area contributed by atoms with Gasteiger partial charge in [0, 0.05) is 24.3 Å². The van der Waals surface area contributed by atoms with Crippen LogP contribution in [0.1, 0.15) is 23.1 Å². The number of nitrogens with zero attached hydrogens (tertiary/aromatic N) is 2. The summed E-state index contributed by atoms with van der Waals surface area (Å²) in [5.41, 5.74) is 1.94. The minimum absolute atomic E-state index is 0.0637. The fourth-order valence-corrected chi connectivity index (χ4v) is 2.25. The number of aliphatic hydroxyl groups excluding tert-OH is 1. The minimum Gasteiger partial charge on any atom is -0.497 e. The standard InChI is InChI=1S/C16H21N3O3/c1-4-19(8-9-20)16(21)14-11(2)17-15(18-14)12-6-5-7-13(10-12)22-3/h5-7,10,20H,4,8-9H2,1-3H3,(H,17,18). The van der Waals surface area contributed by atoms with Crippen molar-refractivity contribution in [2.75, 3.05) is 26.8 Å². The highest BCUT2D eigenvalue weighted by atomic mass is 16.5. The smallest absolute Gasteiger partial charge is 0.274 e. The third kappa shape index (κ3) is 3.28. The first kappa shape index (κ1) is 16.0. The molecule has 1 amide bonds. The summed E-state index contributed by atoms with van der Waals surface area (Å²) in [7, 11) is 1.61. The molecule has 0 aliphatic heterocycles. The Hall–Kier alpha value is -2.34. The van der Waals surface area contributed by atoms with E-state index in [9.17, 15) is 4.79 Å². The molecule has 0 atom stereocenters. The molecular weight excluding hydrogens is 282 g/mol. The van der Waals surface area contributed by atoms with E-state index in [2.05, 4.69) is 9.97 Å². The topological polar surface area (TPSA) is 78.4 Å². The molecule has 0 bridgehead atoms. The zero-order valence-electron chi connectivity index (χ0n) is 13.1. The Kier molecular flexibility index (Phi) is 5.16. The number of aromatic nitrogens is 2. The van der Waals surface area contributed by atoms with Gasteiger partial charge in [0.1, 0.15) is 17.3 Å². The van der Waals surface area contributed by atoms with Crippen molar-refractivity contribution < 1.29 is 14.6 Å². The van der Waals surface area contributed by atoms with Crippen molar-refractivity contribution >= 4 is 5.91 Å². The number of nitrogens with one attached hydrogen (secondary N) is 1. The molecule has 0 radical (unpaired) electrons. The van der Waals surface area contributed by atoms with Gasteiger partial charge in [0.2, 0.25) is 0 Å². The number of aliphatic hydroxyl groups is 1. The average molecular weight is 303 g/mol. The number of amides is 1. The second-order valence-electron chi connectivity index (χ2n) is 4.90. The third-order valence-electron chi connectivity index (χ3n) is 3.47. The molecule has 1 aromatic heterocycles. The molecule has 0 unspecified atom stereocenters. The second kappa shape index (κ2) is 7.09. The van der Waals surface area contributed by atoms with Gasteiger partial charge in [-0.25, -0.2) is 4.98 Å². The largest absolute Gasteiger partial charge is 0.497 e. The Bertz CT molecular complexity index is 652. The number of methoxy groups -OCH3 is 1. The van der Waals surface area contributed by atoms with Gasteiger partial charge in [-0.1, -0.05) is 12.1 Å². The first-order valence-corrected chi connectivity index (χ1v) is 7.21. The summed E-state index contributed by atoms with van der Waals surface area (Å²) in [6.07, 6.45) is 0. The van der Waals surface area contributed by atoms with E-state index in [-0.39, 0.29) is 12.5 Å². The van der Waals surface area contributed by atoms with Crippen LogP contribution in [-0.4, -0.2) is 52.7 Å². The predicted molar refractivity (Wildman–Crippen MR) is 84.0 cm³/mol. The van der Waals surface area contributed by atoms with Gasteiger partial charge in [-0.15, -0.1) is 0 Å². The number of aryl methyl sites for hydroxylation is 1. The van der Waals surface area contributed by atoms with Crippen LogP contribution in [0.3, 0.4) is 0 Å². The van der Waals surface area contributed by atoms with Crippen molar-refractivity contribution in [3.05, 3.63) is 35.7 Å². The van der Waals surface area contributed by atoms with Crippen LogP contribution in [0, 0.1) is 6.92 Å². The van der Waals surface area contributed by atoms with Crippen LogP contribution in [-0.2, 0) is 0 Å². The van der Waals surface area contributed by atoms with Gasteiger partial charge in [-0.2, -0.15) is 0 Å². The van der Waals surface area contributed by atoms with Gasteiger partial charge < -0.3 is 19.7 Å². The van der Waals surface area contributed by atoms with E-state index in [4.69, 9.17) is 9.84 Å². The SMILES string of the molecule is CCN(CCO)C(=O)c1nc(-c2cccc(OC)c2)[nH]c1C. The molecule has 6 nitrogen and oxygen atoms in total. The molecule has 2 rings (SSSR count). The van der Waals surface area contributed by atoms with Gasteiger partial charge in [0.15, 0.2) is 0 Å². The first-order chi connectivity index (χ1) is 10.6. The number of carbonyl (C=O) groups is 1. The van der Waals surface area contributed by atoms with E-state index < -0.39 is 0 Å². The number of hydrogen-bond acceptors (Lipinski definition) is 4. The number of benzene rings is 1. The Labute approximate surface area is 129 Å². The van der Waals surface area contributed by atoms with Gasteiger partial charge in [0.25, 0.3) is 5.91 Å². The zero-order valence-corrected chi connectivity index (χ0v) is 13.1. The predicted octanol–water partition coefficient (Wildman–Crippen LogP) is 1.85. The number of imidazole rings is 1. The molecule has 0 saturated heterocycles.